The fourth-order valence-electron chi connectivity index (χ4n) is 2.37. The Morgan fingerprint density at radius 1 is 1.33 bits per heavy atom. The summed E-state index contributed by atoms with van der Waals surface area (Å²) in [5.74, 6) is 0.661. The summed E-state index contributed by atoms with van der Waals surface area (Å²) in [4.78, 5) is 0. The van der Waals surface area contributed by atoms with Crippen LogP contribution in [0.5, 0.6) is 0 Å². The smallest absolute Gasteiger partial charge is 0.0794 e. The lowest BCUT2D eigenvalue weighted by atomic mass is 9.98. The van der Waals surface area contributed by atoms with E-state index < -0.39 is 0 Å². The monoisotopic (exact) mass is 287 g/mol. The standard InChI is InChI=1S/C14H19Cl2NO/c1-3-17-13(14(18-2)9-4-5-9)10-6-7-11(15)12(16)8-10/h6-9,13-14,17H,3-5H2,1-2H3. The Kier molecular flexibility index (Phi) is 4.91. The van der Waals surface area contributed by atoms with Crippen LogP contribution in [0.3, 0.4) is 0 Å². The highest BCUT2D eigenvalue weighted by molar-refractivity contribution is 6.42. The zero-order valence-corrected chi connectivity index (χ0v) is 12.3. The minimum atomic E-state index is 0.183. The average molecular weight is 288 g/mol. The fraction of sp³-hybridized carbons (Fsp3) is 0.571. The van der Waals surface area contributed by atoms with Gasteiger partial charge < -0.3 is 10.1 Å². The van der Waals surface area contributed by atoms with Crippen molar-refractivity contribution in [1.29, 1.82) is 0 Å². The number of rotatable bonds is 6. The maximum atomic E-state index is 6.10. The molecule has 2 atom stereocenters. The van der Waals surface area contributed by atoms with Gasteiger partial charge in [0.1, 0.15) is 0 Å². The number of methoxy groups -OCH3 is 1. The first-order chi connectivity index (χ1) is 8.67. The number of hydrogen-bond donors (Lipinski definition) is 1. The molecule has 2 nitrogen and oxygen atoms in total. The van der Waals surface area contributed by atoms with E-state index in [2.05, 4.69) is 12.2 Å². The minimum Gasteiger partial charge on any atom is -0.379 e. The topological polar surface area (TPSA) is 21.3 Å². The van der Waals surface area contributed by atoms with Gasteiger partial charge in [0.25, 0.3) is 0 Å². The largest absolute Gasteiger partial charge is 0.379 e. The molecule has 2 unspecified atom stereocenters. The van der Waals surface area contributed by atoms with Crippen molar-refractivity contribution in [3.63, 3.8) is 0 Å². The molecular weight excluding hydrogens is 269 g/mol. The van der Waals surface area contributed by atoms with Crippen LogP contribution >= 0.6 is 23.2 Å². The van der Waals surface area contributed by atoms with Crippen molar-refractivity contribution in [2.45, 2.75) is 31.9 Å². The highest BCUT2D eigenvalue weighted by atomic mass is 35.5. The molecule has 2 rings (SSSR count). The van der Waals surface area contributed by atoms with Crippen LogP contribution in [0.25, 0.3) is 0 Å². The van der Waals surface area contributed by atoms with Crippen LogP contribution in [0, 0.1) is 5.92 Å². The lowest BCUT2D eigenvalue weighted by Crippen LogP contribution is -2.34. The highest BCUT2D eigenvalue weighted by Gasteiger charge is 2.37. The Hall–Kier alpha value is -0.280. The summed E-state index contributed by atoms with van der Waals surface area (Å²) in [6, 6.07) is 5.99. The molecule has 18 heavy (non-hydrogen) atoms. The maximum Gasteiger partial charge on any atom is 0.0794 e. The lowest BCUT2D eigenvalue weighted by molar-refractivity contribution is 0.0512. The lowest BCUT2D eigenvalue weighted by Gasteiger charge is -2.27. The summed E-state index contributed by atoms with van der Waals surface area (Å²) in [6.07, 6.45) is 2.71. The molecule has 0 heterocycles. The van der Waals surface area contributed by atoms with Gasteiger partial charge >= 0.3 is 0 Å². The van der Waals surface area contributed by atoms with Crippen LogP contribution in [-0.2, 0) is 4.74 Å². The van der Waals surface area contributed by atoms with E-state index >= 15 is 0 Å². The Labute approximate surface area is 119 Å². The van der Waals surface area contributed by atoms with E-state index in [1.165, 1.54) is 12.8 Å². The van der Waals surface area contributed by atoms with Crippen molar-refractivity contribution < 1.29 is 4.74 Å². The molecule has 0 amide bonds. The quantitative estimate of drug-likeness (QED) is 0.852. The molecule has 0 aromatic heterocycles. The van der Waals surface area contributed by atoms with Crippen molar-refractivity contribution in [2.24, 2.45) is 5.92 Å². The van der Waals surface area contributed by atoms with Gasteiger partial charge in [-0.3, -0.25) is 0 Å². The van der Waals surface area contributed by atoms with Crippen molar-refractivity contribution in [2.75, 3.05) is 13.7 Å². The van der Waals surface area contributed by atoms with Crippen LogP contribution in [0.15, 0.2) is 18.2 Å². The van der Waals surface area contributed by atoms with Crippen molar-refractivity contribution in [3.05, 3.63) is 33.8 Å². The van der Waals surface area contributed by atoms with Crippen LogP contribution in [0.1, 0.15) is 31.4 Å². The number of nitrogens with one attached hydrogen (secondary N) is 1. The van der Waals surface area contributed by atoms with Gasteiger partial charge in [-0.1, -0.05) is 36.2 Å². The Morgan fingerprint density at radius 2 is 2.06 bits per heavy atom. The van der Waals surface area contributed by atoms with Gasteiger partial charge in [-0.05, 0) is 43.0 Å². The first-order valence-corrected chi connectivity index (χ1v) is 7.14. The summed E-state index contributed by atoms with van der Waals surface area (Å²) in [5, 5.41) is 4.68. The molecule has 1 aromatic carbocycles. The van der Waals surface area contributed by atoms with E-state index in [1.807, 2.05) is 18.2 Å². The fourth-order valence-corrected chi connectivity index (χ4v) is 2.68. The number of halogens is 2. The first-order valence-electron chi connectivity index (χ1n) is 6.38. The predicted octanol–water partition coefficient (Wildman–Crippen LogP) is 4.07. The van der Waals surface area contributed by atoms with E-state index in [0.29, 0.717) is 16.0 Å². The van der Waals surface area contributed by atoms with Crippen LogP contribution in [-0.4, -0.2) is 19.8 Å². The Morgan fingerprint density at radius 3 is 2.56 bits per heavy atom. The average Bonchev–Trinajstić information content (AvgIpc) is 3.17. The molecule has 0 bridgehead atoms. The summed E-state index contributed by atoms with van der Waals surface area (Å²) in [7, 11) is 1.78. The summed E-state index contributed by atoms with van der Waals surface area (Å²) >= 11 is 12.1. The first kappa shape index (κ1) is 14.1. The van der Waals surface area contributed by atoms with Crippen LogP contribution < -0.4 is 5.32 Å². The molecule has 1 saturated carbocycles. The van der Waals surface area contributed by atoms with E-state index in [4.69, 9.17) is 27.9 Å². The van der Waals surface area contributed by atoms with Gasteiger partial charge in [-0.15, -0.1) is 0 Å². The van der Waals surface area contributed by atoms with Gasteiger partial charge in [0.15, 0.2) is 0 Å². The van der Waals surface area contributed by atoms with Crippen molar-refractivity contribution in [3.8, 4) is 0 Å². The van der Waals surface area contributed by atoms with Gasteiger partial charge in [0.05, 0.1) is 22.2 Å². The van der Waals surface area contributed by atoms with Gasteiger partial charge in [0, 0.05) is 7.11 Å². The third-order valence-corrected chi connectivity index (χ3v) is 4.15. The molecule has 0 aliphatic heterocycles. The molecular formula is C14H19Cl2NO. The minimum absolute atomic E-state index is 0.183. The van der Waals surface area contributed by atoms with E-state index in [1.54, 1.807) is 7.11 Å². The highest BCUT2D eigenvalue weighted by Crippen LogP contribution is 2.40. The van der Waals surface area contributed by atoms with Gasteiger partial charge in [-0.2, -0.15) is 0 Å². The molecule has 100 valence electrons. The van der Waals surface area contributed by atoms with E-state index in [-0.39, 0.29) is 12.1 Å². The number of benzene rings is 1. The van der Waals surface area contributed by atoms with Crippen molar-refractivity contribution in [1.82, 2.24) is 5.32 Å². The Bertz CT molecular complexity index is 407. The normalized spacial score (nSPS) is 18.7. The summed E-state index contributed by atoms with van der Waals surface area (Å²) in [6.45, 7) is 3.00. The summed E-state index contributed by atoms with van der Waals surface area (Å²) in [5.41, 5.74) is 1.14. The zero-order chi connectivity index (χ0) is 13.1. The molecule has 0 saturated heterocycles. The maximum absolute atomic E-state index is 6.10. The SMILES string of the molecule is CCNC(c1ccc(Cl)c(Cl)c1)C(OC)C1CC1. The van der Waals surface area contributed by atoms with Crippen molar-refractivity contribution >= 4 is 23.2 Å². The Balaban J connectivity index is 2.24. The second-order valence-electron chi connectivity index (χ2n) is 4.75. The number of likely N-dealkylation sites (N-methyl/N-ethyl adjacent to an activating group) is 1. The number of ether oxygens (including phenoxy) is 1. The van der Waals surface area contributed by atoms with Crippen LogP contribution in [0.2, 0.25) is 10.0 Å². The van der Waals surface area contributed by atoms with Crippen LogP contribution in [0.4, 0.5) is 0 Å². The zero-order valence-electron chi connectivity index (χ0n) is 10.7. The molecule has 0 spiro atoms. The van der Waals surface area contributed by atoms with Gasteiger partial charge in [0.2, 0.25) is 0 Å². The molecule has 1 aliphatic carbocycles. The number of hydrogen-bond acceptors (Lipinski definition) is 2. The van der Waals surface area contributed by atoms with E-state index in [0.717, 1.165) is 12.1 Å². The molecule has 1 fully saturated rings. The molecule has 1 aliphatic rings. The molecule has 1 aromatic rings. The second-order valence-corrected chi connectivity index (χ2v) is 5.56. The second kappa shape index (κ2) is 6.25. The van der Waals surface area contributed by atoms with E-state index in [9.17, 15) is 0 Å². The van der Waals surface area contributed by atoms with Gasteiger partial charge in [-0.25, -0.2) is 0 Å². The predicted molar refractivity (Wildman–Crippen MR) is 76.4 cm³/mol. The molecule has 0 radical (unpaired) electrons. The third kappa shape index (κ3) is 3.18. The molecule has 1 N–H and O–H groups in total. The molecule has 4 heteroatoms. The summed E-state index contributed by atoms with van der Waals surface area (Å²) < 4.78 is 5.67. The third-order valence-electron chi connectivity index (χ3n) is 3.41.